The zero-order valence-corrected chi connectivity index (χ0v) is 20.3. The molecule has 9 nitrogen and oxygen atoms in total. The van der Waals surface area contributed by atoms with Gasteiger partial charge in [-0.2, -0.15) is 0 Å². The van der Waals surface area contributed by atoms with E-state index in [2.05, 4.69) is 15.5 Å². The largest absolute Gasteiger partial charge is 0.497 e. The molecule has 0 aromatic heterocycles. The molecule has 2 N–H and O–H groups in total. The van der Waals surface area contributed by atoms with E-state index in [-0.39, 0.29) is 47.2 Å². The van der Waals surface area contributed by atoms with Crippen molar-refractivity contribution >= 4 is 17.6 Å². The molecule has 4 heterocycles. The molecule has 6 rings (SSSR count). The summed E-state index contributed by atoms with van der Waals surface area (Å²) in [7, 11) is 1.65. The van der Waals surface area contributed by atoms with Gasteiger partial charge in [-0.1, -0.05) is 0 Å². The summed E-state index contributed by atoms with van der Waals surface area (Å²) in [5.41, 5.74) is 1.57. The van der Waals surface area contributed by atoms with Gasteiger partial charge in [0.1, 0.15) is 5.75 Å². The Hall–Kier alpha value is -2.49. The SMILES string of the molecule is COc1ccc2c(c1)CC1(CCN([C@H]3CCN(CC4NC(=O)C5COCCC5N4)C3=O)CC1)C2=O. The lowest BCUT2D eigenvalue weighted by molar-refractivity contribution is -0.138. The van der Waals surface area contributed by atoms with Gasteiger partial charge in [0, 0.05) is 30.2 Å². The van der Waals surface area contributed by atoms with Crippen LogP contribution in [0.3, 0.4) is 0 Å². The van der Waals surface area contributed by atoms with Gasteiger partial charge in [0.15, 0.2) is 5.78 Å². The number of amides is 2. The molecule has 1 aliphatic carbocycles. The lowest BCUT2D eigenvalue weighted by atomic mass is 9.75. The molecule has 35 heavy (non-hydrogen) atoms. The minimum atomic E-state index is -0.344. The van der Waals surface area contributed by atoms with E-state index in [1.54, 1.807) is 7.11 Å². The van der Waals surface area contributed by atoms with Gasteiger partial charge in [-0.25, -0.2) is 0 Å². The van der Waals surface area contributed by atoms with Gasteiger partial charge in [-0.05, 0) is 69.0 Å². The van der Waals surface area contributed by atoms with Crippen molar-refractivity contribution in [3.05, 3.63) is 29.3 Å². The van der Waals surface area contributed by atoms with Crippen molar-refractivity contribution in [1.82, 2.24) is 20.4 Å². The van der Waals surface area contributed by atoms with Crippen molar-refractivity contribution in [2.45, 2.75) is 50.4 Å². The van der Waals surface area contributed by atoms with Crippen molar-refractivity contribution < 1.29 is 23.9 Å². The van der Waals surface area contributed by atoms with Crippen molar-refractivity contribution in [2.75, 3.05) is 46.5 Å². The minimum Gasteiger partial charge on any atom is -0.497 e. The Balaban J connectivity index is 1.05. The molecule has 0 radical (unpaired) electrons. The van der Waals surface area contributed by atoms with Crippen LogP contribution in [0.15, 0.2) is 18.2 Å². The number of benzene rings is 1. The maximum absolute atomic E-state index is 13.3. The molecule has 4 atom stereocenters. The summed E-state index contributed by atoms with van der Waals surface area (Å²) in [6.07, 6.45) is 3.70. The first kappa shape index (κ1) is 22.9. The monoisotopic (exact) mass is 482 g/mol. The number of carbonyl (C=O) groups is 3. The number of carbonyl (C=O) groups excluding carboxylic acids is 3. The number of fused-ring (bicyclic) bond motifs is 2. The maximum atomic E-state index is 13.3. The van der Waals surface area contributed by atoms with E-state index in [0.29, 0.717) is 26.3 Å². The van der Waals surface area contributed by atoms with E-state index < -0.39 is 0 Å². The molecule has 4 aliphatic heterocycles. The van der Waals surface area contributed by atoms with Crippen LogP contribution in [0.5, 0.6) is 5.75 Å². The van der Waals surface area contributed by atoms with Crippen LogP contribution < -0.4 is 15.4 Å². The van der Waals surface area contributed by atoms with Crippen molar-refractivity contribution in [3.63, 3.8) is 0 Å². The van der Waals surface area contributed by atoms with Crippen LogP contribution in [0.1, 0.15) is 41.6 Å². The highest BCUT2D eigenvalue weighted by atomic mass is 16.5. The molecule has 1 spiro atoms. The Morgan fingerprint density at radius 3 is 2.77 bits per heavy atom. The summed E-state index contributed by atoms with van der Waals surface area (Å²) in [4.78, 5) is 43.2. The molecule has 0 saturated carbocycles. The highest BCUT2D eigenvalue weighted by Gasteiger charge is 2.49. The summed E-state index contributed by atoms with van der Waals surface area (Å²) in [5.74, 6) is 1.05. The Labute approximate surface area is 205 Å². The third-order valence-electron chi connectivity index (χ3n) is 8.86. The van der Waals surface area contributed by atoms with E-state index in [4.69, 9.17) is 9.47 Å². The molecule has 188 valence electrons. The van der Waals surface area contributed by atoms with E-state index in [1.165, 1.54) is 0 Å². The van der Waals surface area contributed by atoms with Crippen LogP contribution >= 0.6 is 0 Å². The molecule has 4 fully saturated rings. The van der Waals surface area contributed by atoms with Crippen molar-refractivity contribution in [3.8, 4) is 5.75 Å². The number of hydrogen-bond acceptors (Lipinski definition) is 7. The number of rotatable bonds is 4. The van der Waals surface area contributed by atoms with Gasteiger partial charge in [-0.15, -0.1) is 0 Å². The summed E-state index contributed by atoms with van der Waals surface area (Å²) >= 11 is 0. The Kier molecular flexibility index (Phi) is 5.81. The number of nitrogens with zero attached hydrogens (tertiary/aromatic N) is 2. The zero-order chi connectivity index (χ0) is 24.2. The van der Waals surface area contributed by atoms with Gasteiger partial charge in [0.05, 0.1) is 38.4 Å². The number of ether oxygens (including phenoxy) is 2. The first-order chi connectivity index (χ1) is 17.0. The second-order valence-corrected chi connectivity index (χ2v) is 10.7. The molecular weight excluding hydrogens is 448 g/mol. The van der Waals surface area contributed by atoms with Gasteiger partial charge in [0.25, 0.3) is 0 Å². The standard InChI is InChI=1S/C26H34N4O5/c1-34-17-2-3-18-16(12-17)13-26(23(18)31)6-9-29(10-7-26)21-4-8-30(25(21)33)14-22-27-20-5-11-35-15-19(20)24(32)28-22/h2-3,12,19-22,27H,4-11,13-15H2,1H3,(H,28,32)/t19?,20?,21-,22?/m0/s1. The summed E-state index contributed by atoms with van der Waals surface area (Å²) in [6, 6.07) is 5.73. The van der Waals surface area contributed by atoms with Crippen molar-refractivity contribution in [1.29, 1.82) is 0 Å². The molecule has 9 heteroatoms. The maximum Gasteiger partial charge on any atom is 0.240 e. The average molecular weight is 483 g/mol. The molecular formula is C26H34N4O5. The predicted molar refractivity (Wildman–Crippen MR) is 127 cm³/mol. The average Bonchev–Trinajstić information content (AvgIpc) is 3.36. The van der Waals surface area contributed by atoms with Crippen molar-refractivity contribution in [2.24, 2.45) is 11.3 Å². The highest BCUT2D eigenvalue weighted by Crippen LogP contribution is 2.46. The van der Waals surface area contributed by atoms with E-state index in [0.717, 1.165) is 62.1 Å². The third kappa shape index (κ3) is 3.93. The fourth-order valence-corrected chi connectivity index (χ4v) is 6.80. The quantitative estimate of drug-likeness (QED) is 0.647. The second kappa shape index (κ2) is 8.87. The fourth-order valence-electron chi connectivity index (χ4n) is 6.80. The van der Waals surface area contributed by atoms with Gasteiger partial charge >= 0.3 is 0 Å². The number of piperidine rings is 1. The number of methoxy groups -OCH3 is 1. The van der Waals surface area contributed by atoms with E-state index in [1.807, 2.05) is 23.1 Å². The molecule has 4 saturated heterocycles. The van der Waals surface area contributed by atoms with Gasteiger partial charge in [-0.3, -0.25) is 24.6 Å². The number of nitrogens with one attached hydrogen (secondary N) is 2. The van der Waals surface area contributed by atoms with E-state index >= 15 is 0 Å². The highest BCUT2D eigenvalue weighted by molar-refractivity contribution is 6.05. The molecule has 3 unspecified atom stereocenters. The minimum absolute atomic E-state index is 0.0165. The first-order valence-electron chi connectivity index (χ1n) is 12.9. The summed E-state index contributed by atoms with van der Waals surface area (Å²) < 4.78 is 10.8. The number of ketones is 1. The molecule has 1 aromatic carbocycles. The molecule has 5 aliphatic rings. The zero-order valence-electron chi connectivity index (χ0n) is 20.3. The molecule has 2 amide bonds. The molecule has 0 bridgehead atoms. The summed E-state index contributed by atoms with van der Waals surface area (Å²) in [6.45, 7) is 3.81. The van der Waals surface area contributed by atoms with Crippen LogP contribution in [0.25, 0.3) is 0 Å². The summed E-state index contributed by atoms with van der Waals surface area (Å²) in [5, 5.41) is 6.54. The van der Waals surface area contributed by atoms with Crippen LogP contribution in [0.4, 0.5) is 0 Å². The topological polar surface area (TPSA) is 100 Å². The molecule has 1 aromatic rings. The van der Waals surface area contributed by atoms with Crippen LogP contribution in [0, 0.1) is 11.3 Å². The lowest BCUT2D eigenvalue weighted by Crippen LogP contribution is -2.66. The normalized spacial score (nSPS) is 32.5. The Morgan fingerprint density at radius 1 is 1.14 bits per heavy atom. The fraction of sp³-hybridized carbons (Fsp3) is 0.654. The van der Waals surface area contributed by atoms with Crippen LogP contribution in [-0.2, 0) is 20.7 Å². The van der Waals surface area contributed by atoms with Crippen LogP contribution in [0.2, 0.25) is 0 Å². The predicted octanol–water partition coefficient (Wildman–Crippen LogP) is 0.568. The first-order valence-corrected chi connectivity index (χ1v) is 12.9. The van der Waals surface area contributed by atoms with E-state index in [9.17, 15) is 14.4 Å². The smallest absolute Gasteiger partial charge is 0.240 e. The Bertz CT molecular complexity index is 1040. The number of hydrogen-bond donors (Lipinski definition) is 2. The van der Waals surface area contributed by atoms with Crippen LogP contribution in [-0.4, -0.2) is 92.1 Å². The second-order valence-electron chi connectivity index (χ2n) is 10.7. The third-order valence-corrected chi connectivity index (χ3v) is 8.86. The number of Topliss-reactive ketones (excluding diaryl/α,β-unsaturated/α-hetero) is 1. The Morgan fingerprint density at radius 2 is 1.97 bits per heavy atom. The van der Waals surface area contributed by atoms with Gasteiger partial charge in [0.2, 0.25) is 11.8 Å². The number of likely N-dealkylation sites (tertiary alicyclic amines) is 2. The lowest BCUT2D eigenvalue weighted by Gasteiger charge is -2.41. The van der Waals surface area contributed by atoms with Gasteiger partial charge < -0.3 is 19.7 Å².